The molecule has 2 radical (unpaired) electrons. The van der Waals surface area contributed by atoms with E-state index in [0.717, 1.165) is 5.46 Å². The molecule has 0 saturated carbocycles. The molecule has 0 heterocycles. The highest BCUT2D eigenvalue weighted by molar-refractivity contribution is 6.32. The van der Waals surface area contributed by atoms with Crippen molar-refractivity contribution in [2.24, 2.45) is 0 Å². The van der Waals surface area contributed by atoms with Crippen LogP contribution >= 0.6 is 0 Å². The van der Waals surface area contributed by atoms with Gasteiger partial charge in [0, 0.05) is 0 Å². The number of benzene rings is 2. The lowest BCUT2D eigenvalue weighted by molar-refractivity contribution is 1.47. The van der Waals surface area contributed by atoms with Crippen molar-refractivity contribution in [2.45, 2.75) is 20.8 Å². The monoisotopic (exact) mass is 208 g/mol. The Morgan fingerprint density at radius 1 is 0.812 bits per heavy atom. The largest absolute Gasteiger partial charge is 0.113 e. The van der Waals surface area contributed by atoms with Crippen molar-refractivity contribution in [3.05, 3.63) is 54.1 Å². The predicted molar refractivity (Wildman–Crippen MR) is 73.4 cm³/mol. The Morgan fingerprint density at radius 2 is 1.44 bits per heavy atom. The van der Waals surface area contributed by atoms with Gasteiger partial charge < -0.3 is 0 Å². The summed E-state index contributed by atoms with van der Waals surface area (Å²) in [6.07, 6.45) is 0. The van der Waals surface area contributed by atoms with E-state index in [0.29, 0.717) is 0 Å². The molecule has 2 aromatic carbocycles. The van der Waals surface area contributed by atoms with Crippen molar-refractivity contribution < 1.29 is 0 Å². The molecule has 0 atom stereocenters. The molecule has 0 saturated heterocycles. The minimum absolute atomic E-state index is 0.807. The maximum atomic E-state index is 5.63. The van der Waals surface area contributed by atoms with E-state index in [1.165, 1.54) is 16.7 Å². The van der Waals surface area contributed by atoms with Crippen molar-refractivity contribution in [1.82, 2.24) is 0 Å². The molecule has 0 unspecified atom stereocenters. The summed E-state index contributed by atoms with van der Waals surface area (Å²) < 4.78 is 0. The van der Waals surface area contributed by atoms with Crippen LogP contribution in [0.2, 0.25) is 0 Å². The Balaban J connectivity index is 0.000000606. The Bertz CT molecular complexity index is 429. The third-order valence-corrected chi connectivity index (χ3v) is 2.26. The smallest absolute Gasteiger partial charge is 0.0966 e. The van der Waals surface area contributed by atoms with Crippen molar-refractivity contribution in [1.29, 1.82) is 0 Å². The molecule has 2 aromatic rings. The van der Waals surface area contributed by atoms with E-state index in [1.54, 1.807) is 0 Å². The fraction of sp³-hybridized carbons (Fsp3) is 0.200. The van der Waals surface area contributed by atoms with Crippen molar-refractivity contribution in [3.63, 3.8) is 0 Å². The summed E-state index contributed by atoms with van der Waals surface area (Å²) in [5.74, 6) is 0. The van der Waals surface area contributed by atoms with Crippen LogP contribution in [0.4, 0.5) is 0 Å². The molecule has 0 bridgehead atoms. The number of hydrogen-bond donors (Lipinski definition) is 0. The van der Waals surface area contributed by atoms with E-state index in [1.807, 2.05) is 38.1 Å². The summed E-state index contributed by atoms with van der Waals surface area (Å²) in [6, 6.07) is 16.4. The van der Waals surface area contributed by atoms with Crippen LogP contribution < -0.4 is 5.46 Å². The van der Waals surface area contributed by atoms with Gasteiger partial charge in [-0.2, -0.15) is 0 Å². The normalized spacial score (nSPS) is 9.19. The lowest BCUT2D eigenvalue weighted by Crippen LogP contribution is -1.99. The number of aryl methyl sites for hydroxylation is 1. The highest BCUT2D eigenvalue weighted by Gasteiger charge is 1.96. The molecule has 0 nitrogen and oxygen atoms in total. The molecule has 80 valence electrons. The van der Waals surface area contributed by atoms with Gasteiger partial charge in [-0.3, -0.25) is 0 Å². The second-order valence-corrected chi connectivity index (χ2v) is 3.49. The van der Waals surface area contributed by atoms with Crippen LogP contribution in [0.5, 0.6) is 0 Å². The van der Waals surface area contributed by atoms with E-state index in [4.69, 9.17) is 7.85 Å². The summed E-state index contributed by atoms with van der Waals surface area (Å²) in [5, 5.41) is 0. The minimum Gasteiger partial charge on any atom is -0.0966 e. The van der Waals surface area contributed by atoms with Crippen LogP contribution in [0.1, 0.15) is 19.4 Å². The lowest BCUT2D eigenvalue weighted by Gasteiger charge is -2.03. The van der Waals surface area contributed by atoms with Crippen LogP contribution in [0.3, 0.4) is 0 Å². The SMILES string of the molecule is CC.[B]c1ccc(-c2cccc(C)c2)cc1. The Morgan fingerprint density at radius 3 is 2.00 bits per heavy atom. The topological polar surface area (TPSA) is 0 Å². The van der Waals surface area contributed by atoms with Gasteiger partial charge in [-0.25, -0.2) is 0 Å². The van der Waals surface area contributed by atoms with E-state index in [-0.39, 0.29) is 0 Å². The third-order valence-electron chi connectivity index (χ3n) is 2.26. The highest BCUT2D eigenvalue weighted by Crippen LogP contribution is 2.18. The lowest BCUT2D eigenvalue weighted by atomic mass is 9.93. The van der Waals surface area contributed by atoms with Crippen LogP contribution in [0, 0.1) is 6.92 Å². The average molecular weight is 208 g/mol. The fourth-order valence-electron chi connectivity index (χ4n) is 1.50. The van der Waals surface area contributed by atoms with Crippen LogP contribution in [0.25, 0.3) is 11.1 Å². The van der Waals surface area contributed by atoms with E-state index in [9.17, 15) is 0 Å². The summed E-state index contributed by atoms with van der Waals surface area (Å²) in [4.78, 5) is 0. The summed E-state index contributed by atoms with van der Waals surface area (Å²) >= 11 is 0. The van der Waals surface area contributed by atoms with Crippen LogP contribution in [0.15, 0.2) is 48.5 Å². The second kappa shape index (κ2) is 6.17. The zero-order valence-corrected chi connectivity index (χ0v) is 10.2. The zero-order valence-electron chi connectivity index (χ0n) is 10.2. The quantitative estimate of drug-likeness (QED) is 0.629. The van der Waals surface area contributed by atoms with Crippen molar-refractivity contribution in [2.75, 3.05) is 0 Å². The zero-order chi connectivity index (χ0) is 12.0. The molecule has 16 heavy (non-hydrogen) atoms. The van der Waals surface area contributed by atoms with Gasteiger partial charge >= 0.3 is 0 Å². The maximum Gasteiger partial charge on any atom is 0.113 e. The molecule has 0 amide bonds. The second-order valence-electron chi connectivity index (χ2n) is 3.49. The minimum atomic E-state index is 0.807. The molecule has 0 aliphatic rings. The van der Waals surface area contributed by atoms with Gasteiger partial charge in [-0.05, 0) is 18.1 Å². The van der Waals surface area contributed by atoms with E-state index in [2.05, 4.69) is 31.2 Å². The number of hydrogen-bond acceptors (Lipinski definition) is 0. The van der Waals surface area contributed by atoms with Crippen molar-refractivity contribution >= 4 is 13.3 Å². The van der Waals surface area contributed by atoms with E-state index < -0.39 is 0 Å². The standard InChI is InChI=1S/C13H11B.C2H6/c1-10-3-2-4-12(9-10)11-5-7-13(14)8-6-11;1-2/h2-9H,1H3;1-2H3. The summed E-state index contributed by atoms with van der Waals surface area (Å²) in [5.41, 5.74) is 4.54. The highest BCUT2D eigenvalue weighted by atomic mass is 14.0. The first-order valence-electron chi connectivity index (χ1n) is 5.68. The molecule has 0 spiro atoms. The molecule has 0 aliphatic carbocycles. The summed E-state index contributed by atoms with van der Waals surface area (Å²) in [6.45, 7) is 6.10. The third kappa shape index (κ3) is 3.27. The van der Waals surface area contributed by atoms with Gasteiger partial charge in [-0.1, -0.05) is 73.4 Å². The Labute approximate surface area is 99.7 Å². The first-order chi connectivity index (χ1) is 7.75. The van der Waals surface area contributed by atoms with Gasteiger partial charge in [0.05, 0.1) is 0 Å². The fourth-order valence-corrected chi connectivity index (χ4v) is 1.50. The van der Waals surface area contributed by atoms with Crippen molar-refractivity contribution in [3.8, 4) is 11.1 Å². The molecule has 0 N–H and O–H groups in total. The van der Waals surface area contributed by atoms with Crippen LogP contribution in [-0.4, -0.2) is 7.85 Å². The average Bonchev–Trinajstić information content (AvgIpc) is 2.32. The van der Waals surface area contributed by atoms with Gasteiger partial charge in [-0.15, -0.1) is 0 Å². The van der Waals surface area contributed by atoms with Gasteiger partial charge in [0.1, 0.15) is 7.85 Å². The molecule has 0 aliphatic heterocycles. The number of rotatable bonds is 1. The Kier molecular flexibility index (Phi) is 4.85. The first kappa shape index (κ1) is 12.6. The maximum absolute atomic E-state index is 5.63. The van der Waals surface area contributed by atoms with Gasteiger partial charge in [0.2, 0.25) is 0 Å². The molecular formula is C15H17B. The summed E-state index contributed by atoms with van der Waals surface area (Å²) in [7, 11) is 5.63. The molecule has 1 heteroatoms. The Hall–Kier alpha value is -1.50. The molecule has 0 fully saturated rings. The molecule has 0 aromatic heterocycles. The van der Waals surface area contributed by atoms with Crippen LogP contribution in [-0.2, 0) is 0 Å². The first-order valence-corrected chi connectivity index (χ1v) is 5.68. The molecule has 2 rings (SSSR count). The predicted octanol–water partition coefficient (Wildman–Crippen LogP) is 3.48. The van der Waals surface area contributed by atoms with Gasteiger partial charge in [0.25, 0.3) is 0 Å². The van der Waals surface area contributed by atoms with E-state index >= 15 is 0 Å². The van der Waals surface area contributed by atoms with Gasteiger partial charge in [0.15, 0.2) is 0 Å². The molecular weight excluding hydrogens is 191 g/mol.